The molecule has 0 aromatic heterocycles. The highest BCUT2D eigenvalue weighted by atomic mass is 19.4. The van der Waals surface area contributed by atoms with Crippen molar-refractivity contribution >= 4 is 41.7 Å². The minimum absolute atomic E-state index is 0.323. The molecule has 3 aromatic carbocycles. The number of benzene rings is 3. The number of carbonyl (C=O) groups excluding carboxylic acids is 2. The fraction of sp³-hybridized carbons (Fsp3) is 0.281. The predicted molar refractivity (Wildman–Crippen MR) is 164 cm³/mol. The smallest absolute Gasteiger partial charge is 0.406 e. The molecule has 1 heterocycles. The monoisotopic (exact) mass is 609 g/mol. The maximum atomic E-state index is 13.4. The van der Waals surface area contributed by atoms with Crippen LogP contribution in [-0.2, 0) is 14.3 Å². The number of halogens is 3. The minimum atomic E-state index is -4.80. The number of anilines is 2. The summed E-state index contributed by atoms with van der Waals surface area (Å²) in [6, 6.07) is 18.4. The summed E-state index contributed by atoms with van der Waals surface area (Å²) in [6.07, 6.45) is -0.956. The van der Waals surface area contributed by atoms with Crippen LogP contribution in [0.5, 0.6) is 5.75 Å². The molecule has 9 nitrogen and oxygen atoms in total. The third kappa shape index (κ3) is 10.3. The van der Waals surface area contributed by atoms with E-state index in [0.29, 0.717) is 42.4 Å². The van der Waals surface area contributed by atoms with Crippen LogP contribution in [-0.4, -0.2) is 69.2 Å². The normalized spacial score (nSPS) is 14.6. The van der Waals surface area contributed by atoms with Crippen molar-refractivity contribution in [3.63, 3.8) is 0 Å². The lowest BCUT2D eigenvalue weighted by Gasteiger charge is -2.27. The van der Waals surface area contributed by atoms with E-state index in [9.17, 15) is 22.8 Å². The lowest BCUT2D eigenvalue weighted by molar-refractivity contribution is -0.274. The van der Waals surface area contributed by atoms with E-state index in [0.717, 1.165) is 43.8 Å². The number of rotatable bonds is 13. The van der Waals surface area contributed by atoms with Gasteiger partial charge in [0.05, 0.1) is 24.6 Å². The number of nitrogens with zero attached hydrogens (tertiary/aromatic N) is 2. The zero-order chi connectivity index (χ0) is 31.4. The number of nitrogens with one attached hydrogen (secondary N) is 3. The first-order chi connectivity index (χ1) is 21.2. The van der Waals surface area contributed by atoms with Gasteiger partial charge in [0.1, 0.15) is 11.8 Å². The van der Waals surface area contributed by atoms with Gasteiger partial charge in [-0.3, -0.25) is 19.5 Å². The second-order valence-corrected chi connectivity index (χ2v) is 9.92. The number of morpholine rings is 1. The van der Waals surface area contributed by atoms with E-state index in [4.69, 9.17) is 4.74 Å². The largest absolute Gasteiger partial charge is 0.573 e. The lowest BCUT2D eigenvalue weighted by Crippen LogP contribution is -2.39. The molecular formula is C32H34F3N5O4. The second-order valence-electron chi connectivity index (χ2n) is 9.92. The Bertz CT molecular complexity index is 1420. The van der Waals surface area contributed by atoms with Crippen LogP contribution in [0.15, 0.2) is 83.9 Å². The van der Waals surface area contributed by atoms with Crippen LogP contribution in [0.1, 0.15) is 23.6 Å². The third-order valence-corrected chi connectivity index (χ3v) is 6.75. The summed E-state index contributed by atoms with van der Waals surface area (Å²) in [4.78, 5) is 32.0. The summed E-state index contributed by atoms with van der Waals surface area (Å²) in [5, 5.41) is 8.84. The Morgan fingerprint density at radius 3 is 2.39 bits per heavy atom. The highest BCUT2D eigenvalue weighted by molar-refractivity contribution is 6.03. The van der Waals surface area contributed by atoms with E-state index in [1.165, 1.54) is 18.2 Å². The van der Waals surface area contributed by atoms with Crippen LogP contribution in [0.2, 0.25) is 0 Å². The van der Waals surface area contributed by atoms with Crippen molar-refractivity contribution in [3.8, 4) is 5.75 Å². The summed E-state index contributed by atoms with van der Waals surface area (Å²) in [7, 11) is 0. The SMILES string of the molecule is C=Nc1ccccc1NC(=O)/C=C/c1ccc(C(NCCCN2CCOCC2)C(=O)Nc2ccc(OC(F)(F)F)cc2)cc1. The molecule has 44 heavy (non-hydrogen) atoms. The molecular weight excluding hydrogens is 575 g/mol. The van der Waals surface area contributed by atoms with Gasteiger partial charge in [0, 0.05) is 24.9 Å². The van der Waals surface area contributed by atoms with Crippen molar-refractivity contribution in [1.29, 1.82) is 0 Å². The topological polar surface area (TPSA) is 104 Å². The fourth-order valence-corrected chi connectivity index (χ4v) is 4.55. The molecule has 0 aliphatic carbocycles. The summed E-state index contributed by atoms with van der Waals surface area (Å²) in [6.45, 7) is 8.04. The van der Waals surface area contributed by atoms with Crippen LogP contribution >= 0.6 is 0 Å². The maximum Gasteiger partial charge on any atom is 0.573 e. The van der Waals surface area contributed by atoms with Gasteiger partial charge in [0.2, 0.25) is 11.8 Å². The zero-order valence-electron chi connectivity index (χ0n) is 24.0. The number of aliphatic imine (C=N–C) groups is 1. The summed E-state index contributed by atoms with van der Waals surface area (Å²) in [5.41, 5.74) is 2.85. The van der Waals surface area contributed by atoms with Gasteiger partial charge in [0.15, 0.2) is 0 Å². The number of hydrogen-bond acceptors (Lipinski definition) is 7. The Balaban J connectivity index is 1.41. The van der Waals surface area contributed by atoms with Gasteiger partial charge in [-0.05, 0) is 79.8 Å². The zero-order valence-corrected chi connectivity index (χ0v) is 24.0. The van der Waals surface area contributed by atoms with Crippen LogP contribution in [0.4, 0.5) is 30.2 Å². The molecule has 2 amide bonds. The molecule has 1 fully saturated rings. The van der Waals surface area contributed by atoms with Crippen LogP contribution in [0, 0.1) is 0 Å². The van der Waals surface area contributed by atoms with E-state index < -0.39 is 12.4 Å². The molecule has 0 saturated carbocycles. The minimum Gasteiger partial charge on any atom is -0.406 e. The Kier molecular flexibility index (Phi) is 11.6. The predicted octanol–water partition coefficient (Wildman–Crippen LogP) is 5.56. The lowest BCUT2D eigenvalue weighted by atomic mass is 10.0. The highest BCUT2D eigenvalue weighted by Crippen LogP contribution is 2.25. The molecule has 1 unspecified atom stereocenters. The Labute approximate surface area is 253 Å². The molecule has 4 rings (SSSR count). The molecule has 1 saturated heterocycles. The highest BCUT2D eigenvalue weighted by Gasteiger charge is 2.31. The molecule has 1 atom stereocenters. The number of para-hydroxylation sites is 2. The van der Waals surface area contributed by atoms with Gasteiger partial charge in [-0.1, -0.05) is 36.4 Å². The fourth-order valence-electron chi connectivity index (χ4n) is 4.55. The second kappa shape index (κ2) is 15.8. The van der Waals surface area contributed by atoms with Gasteiger partial charge < -0.3 is 25.4 Å². The number of hydrogen-bond donors (Lipinski definition) is 3. The molecule has 3 N–H and O–H groups in total. The third-order valence-electron chi connectivity index (χ3n) is 6.75. The Morgan fingerprint density at radius 2 is 1.70 bits per heavy atom. The molecule has 1 aliphatic heterocycles. The Morgan fingerprint density at radius 1 is 1.00 bits per heavy atom. The van der Waals surface area contributed by atoms with E-state index in [-0.39, 0.29) is 17.6 Å². The van der Waals surface area contributed by atoms with Crippen molar-refractivity contribution in [2.24, 2.45) is 4.99 Å². The molecule has 0 spiro atoms. The van der Waals surface area contributed by atoms with Gasteiger partial charge in [-0.2, -0.15) is 0 Å². The molecule has 0 bridgehead atoms. The number of ether oxygens (including phenoxy) is 2. The summed E-state index contributed by atoms with van der Waals surface area (Å²) >= 11 is 0. The van der Waals surface area contributed by atoms with E-state index >= 15 is 0 Å². The van der Waals surface area contributed by atoms with Crippen LogP contribution < -0.4 is 20.7 Å². The first-order valence-electron chi connectivity index (χ1n) is 14.0. The van der Waals surface area contributed by atoms with Crippen molar-refractivity contribution < 1.29 is 32.2 Å². The van der Waals surface area contributed by atoms with Crippen molar-refractivity contribution in [1.82, 2.24) is 10.2 Å². The Hall–Kier alpha value is -4.52. The van der Waals surface area contributed by atoms with Crippen LogP contribution in [0.3, 0.4) is 0 Å². The average molecular weight is 610 g/mol. The quantitative estimate of drug-likeness (QED) is 0.133. The molecule has 3 aromatic rings. The first-order valence-corrected chi connectivity index (χ1v) is 14.0. The van der Waals surface area contributed by atoms with E-state index in [1.807, 2.05) is 0 Å². The maximum absolute atomic E-state index is 13.4. The summed E-state index contributed by atoms with van der Waals surface area (Å²) in [5.74, 6) is -1.10. The van der Waals surface area contributed by atoms with Crippen LogP contribution in [0.25, 0.3) is 6.08 Å². The van der Waals surface area contributed by atoms with Crippen molar-refractivity contribution in [3.05, 3.63) is 90.0 Å². The van der Waals surface area contributed by atoms with E-state index in [2.05, 4.69) is 37.3 Å². The average Bonchev–Trinajstić information content (AvgIpc) is 3.01. The molecule has 0 radical (unpaired) electrons. The molecule has 1 aliphatic rings. The number of carbonyl (C=O) groups is 2. The van der Waals surface area contributed by atoms with Gasteiger partial charge in [-0.15, -0.1) is 13.2 Å². The standard InChI is InChI=1S/C32H34F3N5O4/c1-36-27-5-2-3-6-28(27)39-29(41)16-9-23-7-10-24(11-8-23)30(37-17-4-18-40-19-21-43-22-20-40)31(42)38-25-12-14-26(15-13-25)44-32(33,34)35/h2-3,5-16,30,37H,1,4,17-22H2,(H,38,42)(H,39,41)/b16-9+. The molecule has 232 valence electrons. The number of alkyl halides is 3. The van der Waals surface area contributed by atoms with Gasteiger partial charge >= 0.3 is 6.36 Å². The summed E-state index contributed by atoms with van der Waals surface area (Å²) < 4.78 is 46.8. The van der Waals surface area contributed by atoms with Gasteiger partial charge in [-0.25, -0.2) is 0 Å². The molecule has 12 heteroatoms. The van der Waals surface area contributed by atoms with E-state index in [1.54, 1.807) is 54.6 Å². The first kappa shape index (κ1) is 32.4. The van der Waals surface area contributed by atoms with Crippen molar-refractivity contribution in [2.75, 3.05) is 50.0 Å². The van der Waals surface area contributed by atoms with Gasteiger partial charge in [0.25, 0.3) is 0 Å². The van der Waals surface area contributed by atoms with Crippen molar-refractivity contribution in [2.45, 2.75) is 18.8 Å². The number of amides is 2.